The molecule has 0 fully saturated rings. The average Bonchev–Trinajstić information content (AvgIpc) is 2.55. The number of methoxy groups -OCH3 is 2. The Morgan fingerprint density at radius 2 is 1.82 bits per heavy atom. The molecule has 0 atom stereocenters. The fraction of sp³-hybridized carbons (Fsp3) is 0.176. The largest absolute Gasteiger partial charge is 0.497 e. The normalized spacial score (nSPS) is 10.5. The van der Waals surface area contributed by atoms with Gasteiger partial charge in [-0.1, -0.05) is 6.07 Å². The third-order valence-electron chi connectivity index (χ3n) is 3.45. The summed E-state index contributed by atoms with van der Waals surface area (Å²) in [7, 11) is 3.29. The second kappa shape index (κ2) is 5.89. The maximum Gasteiger partial charge on any atom is 0.142 e. The molecule has 0 unspecified atom stereocenters. The van der Waals surface area contributed by atoms with Gasteiger partial charge >= 0.3 is 0 Å². The van der Waals surface area contributed by atoms with Crippen LogP contribution in [0.25, 0.3) is 10.9 Å². The van der Waals surface area contributed by atoms with E-state index >= 15 is 0 Å². The Bertz CT molecular complexity index is 818. The van der Waals surface area contributed by atoms with Gasteiger partial charge in [-0.3, -0.25) is 0 Å². The molecule has 0 aliphatic rings. The van der Waals surface area contributed by atoms with Crippen molar-refractivity contribution in [3.05, 3.63) is 48.3 Å². The molecule has 0 aliphatic heterocycles. The van der Waals surface area contributed by atoms with Gasteiger partial charge in [-0.25, -0.2) is 9.97 Å². The fourth-order valence-electron chi connectivity index (χ4n) is 2.31. The highest BCUT2D eigenvalue weighted by molar-refractivity contribution is 5.91. The first-order chi connectivity index (χ1) is 10.7. The summed E-state index contributed by atoms with van der Waals surface area (Å²) in [6.45, 7) is 2.04. The Morgan fingerprint density at radius 1 is 0.955 bits per heavy atom. The highest BCUT2D eigenvalue weighted by atomic mass is 16.5. The van der Waals surface area contributed by atoms with Crippen LogP contribution >= 0.6 is 0 Å². The molecule has 22 heavy (non-hydrogen) atoms. The van der Waals surface area contributed by atoms with Crippen molar-refractivity contribution in [2.24, 2.45) is 0 Å². The summed E-state index contributed by atoms with van der Waals surface area (Å²) in [5, 5.41) is 4.25. The number of hydrogen-bond donors (Lipinski definition) is 1. The number of aryl methyl sites for hydroxylation is 1. The van der Waals surface area contributed by atoms with E-state index in [0.717, 1.165) is 39.5 Å². The zero-order valence-corrected chi connectivity index (χ0v) is 12.8. The van der Waals surface area contributed by atoms with Crippen molar-refractivity contribution >= 4 is 22.4 Å². The lowest BCUT2D eigenvalue weighted by molar-refractivity contribution is 0.415. The van der Waals surface area contributed by atoms with Gasteiger partial charge in [0.2, 0.25) is 0 Å². The lowest BCUT2D eigenvalue weighted by Crippen LogP contribution is -1.99. The summed E-state index contributed by atoms with van der Waals surface area (Å²) in [6.07, 6.45) is 1.53. The molecule has 0 amide bonds. The third-order valence-corrected chi connectivity index (χ3v) is 3.45. The molecule has 0 bridgehead atoms. The highest BCUT2D eigenvalue weighted by Crippen LogP contribution is 2.31. The maximum atomic E-state index is 5.40. The molecule has 0 spiro atoms. The van der Waals surface area contributed by atoms with Crippen LogP contribution in [-0.2, 0) is 0 Å². The first-order valence-corrected chi connectivity index (χ1v) is 6.91. The summed E-state index contributed by atoms with van der Waals surface area (Å²) >= 11 is 0. The lowest BCUT2D eigenvalue weighted by Gasteiger charge is -2.13. The minimum atomic E-state index is 0.733. The molecule has 0 radical (unpaired) electrons. The first-order valence-electron chi connectivity index (χ1n) is 6.91. The number of hydrogen-bond acceptors (Lipinski definition) is 5. The molecule has 0 saturated heterocycles. The van der Waals surface area contributed by atoms with Crippen molar-refractivity contribution in [3.63, 3.8) is 0 Å². The van der Waals surface area contributed by atoms with Gasteiger partial charge in [-0.2, -0.15) is 0 Å². The minimum Gasteiger partial charge on any atom is -0.497 e. The molecule has 3 rings (SSSR count). The van der Waals surface area contributed by atoms with Gasteiger partial charge in [0, 0.05) is 11.5 Å². The molecular formula is C17H17N3O2. The molecule has 2 aromatic carbocycles. The van der Waals surface area contributed by atoms with Gasteiger partial charge in [0.15, 0.2) is 0 Å². The Balaban J connectivity index is 2.06. The number of rotatable bonds is 4. The SMILES string of the molecule is COc1ccc2c(Nc3cc(C)ccc3OC)ncnc2c1. The van der Waals surface area contributed by atoms with Gasteiger partial charge in [0.25, 0.3) is 0 Å². The quantitative estimate of drug-likeness (QED) is 0.795. The molecule has 1 aromatic heterocycles. The Kier molecular flexibility index (Phi) is 3.78. The van der Waals surface area contributed by atoms with Crippen molar-refractivity contribution in [3.8, 4) is 11.5 Å². The van der Waals surface area contributed by atoms with Crippen LogP contribution in [0.15, 0.2) is 42.7 Å². The Hall–Kier alpha value is -2.82. The zero-order chi connectivity index (χ0) is 15.5. The second-order valence-electron chi connectivity index (χ2n) is 4.93. The van der Waals surface area contributed by atoms with Gasteiger partial charge in [-0.15, -0.1) is 0 Å². The standard InChI is InChI=1S/C17H17N3O2/c1-11-4-7-16(22-3)15(8-11)20-17-13-6-5-12(21-2)9-14(13)18-10-19-17/h4-10H,1-3H3,(H,18,19,20). The summed E-state index contributed by atoms with van der Waals surface area (Å²) in [6, 6.07) is 11.7. The van der Waals surface area contributed by atoms with Gasteiger partial charge < -0.3 is 14.8 Å². The summed E-state index contributed by atoms with van der Waals surface area (Å²) in [5.74, 6) is 2.27. The molecule has 1 heterocycles. The van der Waals surface area contributed by atoms with Crippen molar-refractivity contribution < 1.29 is 9.47 Å². The maximum absolute atomic E-state index is 5.40. The van der Waals surface area contributed by atoms with E-state index in [4.69, 9.17) is 9.47 Å². The molecule has 0 saturated carbocycles. The highest BCUT2D eigenvalue weighted by Gasteiger charge is 2.08. The predicted octanol–water partition coefficient (Wildman–Crippen LogP) is 3.70. The van der Waals surface area contributed by atoms with Crippen molar-refractivity contribution in [1.29, 1.82) is 0 Å². The monoisotopic (exact) mass is 295 g/mol. The Labute approximate surface area is 128 Å². The van der Waals surface area contributed by atoms with Crippen LogP contribution in [0.2, 0.25) is 0 Å². The van der Waals surface area contributed by atoms with E-state index in [-0.39, 0.29) is 0 Å². The number of nitrogens with zero attached hydrogens (tertiary/aromatic N) is 2. The number of ether oxygens (including phenoxy) is 2. The van der Waals surface area contributed by atoms with E-state index < -0.39 is 0 Å². The minimum absolute atomic E-state index is 0.733. The van der Waals surface area contributed by atoms with E-state index in [0.29, 0.717) is 0 Å². The van der Waals surface area contributed by atoms with E-state index in [9.17, 15) is 0 Å². The molecule has 0 aliphatic carbocycles. The third kappa shape index (κ3) is 2.65. The molecule has 1 N–H and O–H groups in total. The number of aromatic nitrogens is 2. The van der Waals surface area contributed by atoms with Gasteiger partial charge in [0.1, 0.15) is 23.6 Å². The van der Waals surface area contributed by atoms with Crippen molar-refractivity contribution in [2.75, 3.05) is 19.5 Å². The lowest BCUT2D eigenvalue weighted by atomic mass is 10.2. The summed E-state index contributed by atoms with van der Waals surface area (Å²) < 4.78 is 10.6. The zero-order valence-electron chi connectivity index (χ0n) is 12.8. The average molecular weight is 295 g/mol. The van der Waals surface area contributed by atoms with Crippen LogP contribution in [0.3, 0.4) is 0 Å². The van der Waals surface area contributed by atoms with E-state index in [1.807, 2.05) is 43.3 Å². The van der Waals surface area contributed by atoms with E-state index in [2.05, 4.69) is 15.3 Å². The van der Waals surface area contributed by atoms with Crippen molar-refractivity contribution in [1.82, 2.24) is 9.97 Å². The number of anilines is 2. The predicted molar refractivity (Wildman–Crippen MR) is 87.1 cm³/mol. The molecule has 112 valence electrons. The van der Waals surface area contributed by atoms with Crippen LogP contribution in [0.1, 0.15) is 5.56 Å². The number of fused-ring (bicyclic) bond motifs is 1. The summed E-state index contributed by atoms with van der Waals surface area (Å²) in [5.41, 5.74) is 2.84. The van der Waals surface area contributed by atoms with E-state index in [1.54, 1.807) is 14.2 Å². The second-order valence-corrected chi connectivity index (χ2v) is 4.93. The van der Waals surface area contributed by atoms with Crippen LogP contribution in [0.4, 0.5) is 11.5 Å². The van der Waals surface area contributed by atoms with Crippen LogP contribution < -0.4 is 14.8 Å². The van der Waals surface area contributed by atoms with Crippen LogP contribution in [0.5, 0.6) is 11.5 Å². The topological polar surface area (TPSA) is 56.3 Å². The van der Waals surface area contributed by atoms with E-state index in [1.165, 1.54) is 6.33 Å². The number of benzene rings is 2. The molecule has 5 heteroatoms. The Morgan fingerprint density at radius 3 is 2.59 bits per heavy atom. The molecule has 5 nitrogen and oxygen atoms in total. The van der Waals surface area contributed by atoms with Gasteiger partial charge in [-0.05, 0) is 36.8 Å². The number of nitrogens with one attached hydrogen (secondary N) is 1. The van der Waals surface area contributed by atoms with Crippen LogP contribution in [-0.4, -0.2) is 24.2 Å². The van der Waals surface area contributed by atoms with Crippen molar-refractivity contribution in [2.45, 2.75) is 6.92 Å². The first kappa shape index (κ1) is 14.1. The van der Waals surface area contributed by atoms with Gasteiger partial charge in [0.05, 0.1) is 25.4 Å². The van der Waals surface area contributed by atoms with Crippen LogP contribution in [0, 0.1) is 6.92 Å². The molecule has 3 aromatic rings. The fourth-order valence-corrected chi connectivity index (χ4v) is 2.31. The smallest absolute Gasteiger partial charge is 0.142 e. The summed E-state index contributed by atoms with van der Waals surface area (Å²) in [4.78, 5) is 8.63. The molecular weight excluding hydrogens is 278 g/mol.